The van der Waals surface area contributed by atoms with Gasteiger partial charge in [0.15, 0.2) is 5.11 Å². The molecular formula is C26H31N3O2S. The van der Waals surface area contributed by atoms with Crippen molar-refractivity contribution in [3.05, 3.63) is 70.0 Å². The summed E-state index contributed by atoms with van der Waals surface area (Å²) in [6.45, 7) is 5.20. The molecule has 4 rings (SSSR count). The van der Waals surface area contributed by atoms with Crippen molar-refractivity contribution in [2.45, 2.75) is 58.5 Å². The Morgan fingerprint density at radius 2 is 1.91 bits per heavy atom. The number of para-hydroxylation sites is 1. The maximum Gasteiger partial charge on any atom is 0.253 e. The lowest BCUT2D eigenvalue weighted by Crippen LogP contribution is -2.42. The molecule has 1 aliphatic rings. The van der Waals surface area contributed by atoms with Crippen LogP contribution in [0.2, 0.25) is 0 Å². The van der Waals surface area contributed by atoms with E-state index < -0.39 is 0 Å². The number of fused-ring (bicyclic) bond motifs is 1. The summed E-state index contributed by atoms with van der Waals surface area (Å²) in [6.07, 6.45) is 5.51. The molecule has 0 unspecified atom stereocenters. The number of hydrogen-bond donors (Lipinski definition) is 2. The van der Waals surface area contributed by atoms with Gasteiger partial charge in [-0.2, -0.15) is 0 Å². The molecule has 1 aromatic heterocycles. The van der Waals surface area contributed by atoms with Gasteiger partial charge in [-0.15, -0.1) is 0 Å². The number of benzene rings is 2. The number of aromatic amines is 1. The summed E-state index contributed by atoms with van der Waals surface area (Å²) in [7, 11) is 0. The van der Waals surface area contributed by atoms with Crippen LogP contribution in [-0.2, 0) is 13.0 Å². The minimum atomic E-state index is -0.0681. The topological polar surface area (TPSA) is 57.4 Å². The summed E-state index contributed by atoms with van der Waals surface area (Å²) >= 11 is 5.88. The summed E-state index contributed by atoms with van der Waals surface area (Å²) in [5, 5.41) is 5.11. The van der Waals surface area contributed by atoms with Crippen LogP contribution in [0.1, 0.15) is 50.7 Å². The molecule has 5 nitrogen and oxygen atoms in total. The molecule has 6 heteroatoms. The van der Waals surface area contributed by atoms with Gasteiger partial charge in [-0.05, 0) is 74.3 Å². The van der Waals surface area contributed by atoms with E-state index in [1.165, 1.54) is 18.4 Å². The fourth-order valence-electron chi connectivity index (χ4n) is 4.51. The Morgan fingerprint density at radius 3 is 2.66 bits per heavy atom. The normalized spacial score (nSPS) is 13.9. The molecule has 168 valence electrons. The molecule has 0 saturated heterocycles. The van der Waals surface area contributed by atoms with Crippen molar-refractivity contribution in [2.24, 2.45) is 0 Å². The van der Waals surface area contributed by atoms with E-state index in [0.29, 0.717) is 29.9 Å². The quantitative estimate of drug-likeness (QED) is 0.458. The lowest BCUT2D eigenvalue weighted by Gasteiger charge is -2.32. The van der Waals surface area contributed by atoms with Crippen molar-refractivity contribution < 1.29 is 4.74 Å². The number of pyridine rings is 1. The summed E-state index contributed by atoms with van der Waals surface area (Å²) in [4.78, 5) is 18.1. The monoisotopic (exact) mass is 449 g/mol. The van der Waals surface area contributed by atoms with Crippen LogP contribution in [0.15, 0.2) is 53.3 Å². The van der Waals surface area contributed by atoms with Crippen LogP contribution >= 0.6 is 12.2 Å². The molecule has 1 fully saturated rings. The average Bonchev–Trinajstić information content (AvgIpc) is 3.33. The second kappa shape index (κ2) is 10.2. The molecule has 0 amide bonds. The second-order valence-electron chi connectivity index (χ2n) is 8.31. The van der Waals surface area contributed by atoms with Crippen LogP contribution < -0.4 is 15.6 Å². The predicted octanol–water partition coefficient (Wildman–Crippen LogP) is 5.63. The van der Waals surface area contributed by atoms with Gasteiger partial charge < -0.3 is 19.9 Å². The molecule has 1 saturated carbocycles. The van der Waals surface area contributed by atoms with Crippen molar-refractivity contribution in [1.82, 2.24) is 9.88 Å². The third kappa shape index (κ3) is 4.96. The highest BCUT2D eigenvalue weighted by Crippen LogP contribution is 2.27. The van der Waals surface area contributed by atoms with Crippen molar-refractivity contribution in [3.63, 3.8) is 0 Å². The summed E-state index contributed by atoms with van der Waals surface area (Å²) in [6, 6.07) is 16.3. The van der Waals surface area contributed by atoms with Gasteiger partial charge in [-0.25, -0.2) is 0 Å². The van der Waals surface area contributed by atoms with Gasteiger partial charge >= 0.3 is 0 Å². The molecule has 1 heterocycles. The molecule has 0 spiro atoms. The number of nitrogens with one attached hydrogen (secondary N) is 2. The van der Waals surface area contributed by atoms with E-state index in [4.69, 9.17) is 17.0 Å². The Bertz CT molecular complexity index is 1150. The van der Waals surface area contributed by atoms with E-state index in [-0.39, 0.29) is 5.56 Å². The molecule has 1 aliphatic carbocycles. The van der Waals surface area contributed by atoms with Gasteiger partial charge in [0.25, 0.3) is 5.56 Å². The average molecular weight is 450 g/mol. The molecule has 2 N–H and O–H groups in total. The number of hydrogen-bond acceptors (Lipinski definition) is 3. The molecule has 32 heavy (non-hydrogen) atoms. The van der Waals surface area contributed by atoms with Crippen LogP contribution in [0.3, 0.4) is 0 Å². The Hall–Kier alpha value is -2.86. The van der Waals surface area contributed by atoms with Crippen LogP contribution in [0.4, 0.5) is 5.69 Å². The van der Waals surface area contributed by atoms with Gasteiger partial charge in [-0.1, -0.05) is 38.0 Å². The first-order valence-electron chi connectivity index (χ1n) is 11.5. The number of H-pyrrole nitrogens is 1. The van der Waals surface area contributed by atoms with Crippen LogP contribution in [0.25, 0.3) is 10.9 Å². The summed E-state index contributed by atoms with van der Waals surface area (Å²) in [5.41, 5.74) is 3.73. The zero-order chi connectivity index (χ0) is 22.5. The van der Waals surface area contributed by atoms with Gasteiger partial charge in [0.1, 0.15) is 5.75 Å². The zero-order valence-electron chi connectivity index (χ0n) is 18.8. The number of nitrogens with zero attached hydrogens (tertiary/aromatic N) is 1. The third-order valence-electron chi connectivity index (χ3n) is 6.21. The molecular weight excluding hydrogens is 418 g/mol. The van der Waals surface area contributed by atoms with Gasteiger partial charge in [-0.3, -0.25) is 4.79 Å². The van der Waals surface area contributed by atoms with E-state index in [1.807, 2.05) is 43.3 Å². The maximum absolute atomic E-state index is 12.9. The van der Waals surface area contributed by atoms with Gasteiger partial charge in [0.05, 0.1) is 13.2 Å². The van der Waals surface area contributed by atoms with Crippen LogP contribution in [0.5, 0.6) is 5.75 Å². The number of ether oxygens (including phenoxy) is 1. The van der Waals surface area contributed by atoms with Crippen molar-refractivity contribution in [3.8, 4) is 5.75 Å². The molecule has 0 aliphatic heterocycles. The molecule has 0 bridgehead atoms. The number of rotatable bonds is 7. The fraction of sp³-hybridized carbons (Fsp3) is 0.385. The van der Waals surface area contributed by atoms with E-state index >= 15 is 0 Å². The van der Waals surface area contributed by atoms with E-state index in [1.54, 1.807) is 0 Å². The molecule has 3 aromatic rings. The minimum absolute atomic E-state index is 0.0681. The largest absolute Gasteiger partial charge is 0.494 e. The van der Waals surface area contributed by atoms with Crippen LogP contribution in [-0.4, -0.2) is 27.6 Å². The number of anilines is 1. The summed E-state index contributed by atoms with van der Waals surface area (Å²) < 4.78 is 5.64. The van der Waals surface area contributed by atoms with Gasteiger partial charge in [0.2, 0.25) is 0 Å². The van der Waals surface area contributed by atoms with Crippen molar-refractivity contribution >= 4 is 33.9 Å². The van der Waals surface area contributed by atoms with Gasteiger partial charge in [0, 0.05) is 28.2 Å². The van der Waals surface area contributed by atoms with E-state index in [0.717, 1.165) is 41.6 Å². The highest BCUT2D eigenvalue weighted by atomic mass is 32.1. The molecule has 2 aromatic carbocycles. The first kappa shape index (κ1) is 22.3. The zero-order valence-corrected chi connectivity index (χ0v) is 19.6. The Kier molecular flexibility index (Phi) is 7.10. The Morgan fingerprint density at radius 1 is 1.12 bits per heavy atom. The highest BCUT2D eigenvalue weighted by Gasteiger charge is 2.26. The number of aryl methyl sites for hydroxylation is 1. The van der Waals surface area contributed by atoms with Crippen LogP contribution in [0, 0.1) is 0 Å². The SMILES string of the molecule is CCOc1ccc2[nH]c(=O)c(CN(C(=S)Nc3ccccc3CC)C3CCCC3)cc2c1. The molecule has 0 atom stereocenters. The fourth-order valence-corrected chi connectivity index (χ4v) is 4.83. The van der Waals surface area contributed by atoms with E-state index in [2.05, 4.69) is 34.3 Å². The second-order valence-corrected chi connectivity index (χ2v) is 8.70. The van der Waals surface area contributed by atoms with Crippen molar-refractivity contribution in [1.29, 1.82) is 0 Å². The van der Waals surface area contributed by atoms with E-state index in [9.17, 15) is 4.79 Å². The first-order chi connectivity index (χ1) is 15.6. The highest BCUT2D eigenvalue weighted by molar-refractivity contribution is 7.80. The predicted molar refractivity (Wildman–Crippen MR) is 136 cm³/mol. The molecule has 0 radical (unpaired) electrons. The minimum Gasteiger partial charge on any atom is -0.494 e. The number of thiocarbonyl (C=S) groups is 1. The maximum atomic E-state index is 12.9. The van der Waals surface area contributed by atoms with Crippen molar-refractivity contribution in [2.75, 3.05) is 11.9 Å². The lowest BCUT2D eigenvalue weighted by molar-refractivity contribution is 0.311. The Labute approximate surface area is 194 Å². The third-order valence-corrected chi connectivity index (χ3v) is 6.55. The summed E-state index contributed by atoms with van der Waals surface area (Å²) in [5.74, 6) is 0.805. The number of aromatic nitrogens is 1. The Balaban J connectivity index is 1.64. The first-order valence-corrected chi connectivity index (χ1v) is 11.9. The lowest BCUT2D eigenvalue weighted by atomic mass is 10.1. The smallest absolute Gasteiger partial charge is 0.253 e. The standard InChI is InChI=1S/C26H31N3O2S/c1-3-18-9-5-8-12-23(18)28-26(32)29(21-10-6-7-11-21)17-20-15-19-16-22(31-4-2)13-14-24(19)27-25(20)30/h5,8-9,12-16,21H,3-4,6-7,10-11,17H2,1-2H3,(H,27,30)(H,28,32).